The lowest BCUT2D eigenvalue weighted by Gasteiger charge is -2.44. The van der Waals surface area contributed by atoms with Crippen molar-refractivity contribution in [2.24, 2.45) is 0 Å². The van der Waals surface area contributed by atoms with Crippen LogP contribution in [0.25, 0.3) is 11.3 Å². The molecule has 1 aromatic heterocycles. The van der Waals surface area contributed by atoms with Gasteiger partial charge in [0.15, 0.2) is 0 Å². The van der Waals surface area contributed by atoms with Gasteiger partial charge in [0, 0.05) is 11.8 Å². The molecule has 0 unspecified atom stereocenters. The molecule has 5 heteroatoms. The summed E-state index contributed by atoms with van der Waals surface area (Å²) in [5.41, 5.74) is 4.92. The highest BCUT2D eigenvalue weighted by Crippen LogP contribution is 2.52. The zero-order valence-electron chi connectivity index (χ0n) is 15.9. The third-order valence-electron chi connectivity index (χ3n) is 5.04. The maximum absolute atomic E-state index is 4.73. The molecule has 0 saturated carbocycles. The first-order valence-corrected chi connectivity index (χ1v) is 11.0. The van der Waals surface area contributed by atoms with Crippen LogP contribution in [0.4, 0.5) is 0 Å². The van der Waals surface area contributed by atoms with Gasteiger partial charge in [0.1, 0.15) is 23.5 Å². The van der Waals surface area contributed by atoms with E-state index in [1.807, 2.05) is 0 Å². The summed E-state index contributed by atoms with van der Waals surface area (Å²) in [5, 5.41) is 0.190. The highest BCUT2D eigenvalue weighted by atomic mass is 32.3. The second-order valence-electron chi connectivity index (χ2n) is 8.61. The van der Waals surface area contributed by atoms with Crippen LogP contribution >= 0.6 is 10.0 Å². The summed E-state index contributed by atoms with van der Waals surface area (Å²) >= 11 is 0. The van der Waals surface area contributed by atoms with E-state index in [9.17, 15) is 0 Å². The molecule has 2 aromatic rings. The topological polar surface area (TPSA) is 12.9 Å². The molecule has 23 heavy (non-hydrogen) atoms. The minimum Gasteiger partial charge on any atom is -0.256 e. The van der Waals surface area contributed by atoms with Crippen molar-refractivity contribution in [3.8, 4) is 11.3 Å². The Labute approximate surface area is 146 Å². The number of hydrogen-bond acceptors (Lipinski definition) is 1. The van der Waals surface area contributed by atoms with Gasteiger partial charge in [-0.15, -0.1) is 0 Å². The van der Waals surface area contributed by atoms with E-state index in [4.69, 9.17) is 4.98 Å². The second-order valence-corrected chi connectivity index (χ2v) is 13.3. The molecule has 0 atom stereocenters. The van der Waals surface area contributed by atoms with Gasteiger partial charge in [-0.2, -0.15) is 0 Å². The second kappa shape index (κ2) is 6.09. The zero-order valence-corrected chi connectivity index (χ0v) is 16.7. The van der Waals surface area contributed by atoms with Gasteiger partial charge in [0.25, 0.3) is 0 Å². The van der Waals surface area contributed by atoms with E-state index in [1.54, 1.807) is 0 Å². The Hall–Kier alpha value is -1.09. The van der Waals surface area contributed by atoms with Crippen LogP contribution in [0.1, 0.15) is 25.0 Å². The highest BCUT2D eigenvalue weighted by molar-refractivity contribution is 8.34. The van der Waals surface area contributed by atoms with Crippen LogP contribution in [0.15, 0.2) is 42.6 Å². The normalized spacial score (nSPS) is 13.8. The zero-order chi connectivity index (χ0) is 17.5. The summed E-state index contributed by atoms with van der Waals surface area (Å²) in [4.78, 5) is 4.73. The monoisotopic (exact) mass is 323 g/mol. The molecule has 0 amide bonds. The van der Waals surface area contributed by atoms with Crippen LogP contribution in [-0.2, 0) is 9.86 Å². The lowest BCUT2D eigenvalue weighted by atomic mass is 9.65. The number of pyridine rings is 1. The predicted molar refractivity (Wildman–Crippen MR) is 115 cm³/mol. The quantitative estimate of drug-likeness (QED) is 0.781. The summed E-state index contributed by atoms with van der Waals surface area (Å²) in [7, 11) is 6.21. The number of rotatable bonds is 4. The smallest absolute Gasteiger partial charge is 0.115 e. The van der Waals surface area contributed by atoms with Crippen LogP contribution in [0.5, 0.6) is 0 Å². The minimum atomic E-state index is -0.695. The van der Waals surface area contributed by atoms with Crippen molar-refractivity contribution >= 4 is 33.6 Å². The van der Waals surface area contributed by atoms with Gasteiger partial charge in [-0.05, 0) is 40.3 Å². The van der Waals surface area contributed by atoms with Crippen LogP contribution in [-0.4, -0.2) is 47.3 Å². The Morgan fingerprint density at radius 1 is 0.826 bits per heavy atom. The molecular formula is C18H28B3NS. The molecule has 0 aliphatic carbocycles. The molecule has 0 radical (unpaired) electrons. The van der Waals surface area contributed by atoms with E-state index in [-0.39, 0.29) is 9.86 Å². The average molecular weight is 323 g/mol. The maximum atomic E-state index is 4.73. The highest BCUT2D eigenvalue weighted by Gasteiger charge is 2.30. The molecule has 0 N–H and O–H groups in total. The van der Waals surface area contributed by atoms with E-state index < -0.39 is 10.0 Å². The lowest BCUT2D eigenvalue weighted by Crippen LogP contribution is -2.32. The average Bonchev–Trinajstić information content (AvgIpc) is 2.45. The van der Waals surface area contributed by atoms with Crippen LogP contribution in [0, 0.1) is 0 Å². The standard InChI is InChI=1S/C18H28B3NS/c1-17(2,19)14-8-6-13(7-9-14)16-11-10-15(12-22-16)18(20,21)23(3,4)5/h6-12H,19-21H2,1-5H3. The van der Waals surface area contributed by atoms with Crippen LogP contribution in [0.2, 0.25) is 0 Å². The Kier molecular flexibility index (Phi) is 4.83. The van der Waals surface area contributed by atoms with Crippen molar-refractivity contribution in [1.82, 2.24) is 4.98 Å². The van der Waals surface area contributed by atoms with E-state index in [0.717, 1.165) is 5.69 Å². The summed E-state index contributed by atoms with van der Waals surface area (Å²) in [6.07, 6.45) is 9.16. The fraction of sp³-hybridized carbons (Fsp3) is 0.389. The first kappa shape index (κ1) is 18.3. The molecule has 120 valence electrons. The lowest BCUT2D eigenvalue weighted by molar-refractivity contribution is 0.764. The Balaban J connectivity index is 2.30. The predicted octanol–water partition coefficient (Wildman–Crippen LogP) is 1.69. The van der Waals surface area contributed by atoms with E-state index in [2.05, 4.69) is 98.7 Å². The molecule has 0 spiro atoms. The van der Waals surface area contributed by atoms with Gasteiger partial charge >= 0.3 is 0 Å². The van der Waals surface area contributed by atoms with Gasteiger partial charge in [-0.3, -0.25) is 15.0 Å². The van der Waals surface area contributed by atoms with Crippen molar-refractivity contribution in [3.63, 3.8) is 0 Å². The third kappa shape index (κ3) is 3.88. The van der Waals surface area contributed by atoms with Gasteiger partial charge in [0.05, 0.1) is 5.69 Å². The van der Waals surface area contributed by atoms with Gasteiger partial charge in [0.2, 0.25) is 0 Å². The summed E-state index contributed by atoms with van der Waals surface area (Å²) in [6, 6.07) is 13.2. The van der Waals surface area contributed by atoms with Gasteiger partial charge in [-0.1, -0.05) is 49.7 Å². The number of nitrogens with zero attached hydrogens (tertiary/aromatic N) is 1. The van der Waals surface area contributed by atoms with Crippen molar-refractivity contribution in [2.45, 2.75) is 23.7 Å². The molecule has 1 heterocycles. The molecule has 0 aliphatic rings. The minimum absolute atomic E-state index is 0.175. The third-order valence-corrected chi connectivity index (χ3v) is 8.33. The molecule has 0 saturated heterocycles. The Bertz CT molecular complexity index is 665. The maximum Gasteiger partial charge on any atom is 0.115 e. The molecular weight excluding hydrogens is 295 g/mol. The number of aromatic nitrogens is 1. The summed E-state index contributed by atoms with van der Waals surface area (Å²) < 4.78 is 0.175. The summed E-state index contributed by atoms with van der Waals surface area (Å²) in [5.74, 6) is 0. The number of benzene rings is 1. The Morgan fingerprint density at radius 2 is 1.35 bits per heavy atom. The fourth-order valence-corrected chi connectivity index (χ4v) is 3.24. The molecule has 0 fully saturated rings. The molecule has 0 bridgehead atoms. The molecule has 0 aliphatic heterocycles. The van der Waals surface area contributed by atoms with E-state index in [0.29, 0.717) is 0 Å². The van der Waals surface area contributed by atoms with Gasteiger partial charge < -0.3 is 0 Å². The first-order chi connectivity index (χ1) is 10.4. The van der Waals surface area contributed by atoms with Crippen molar-refractivity contribution in [3.05, 3.63) is 53.7 Å². The fourth-order valence-electron chi connectivity index (χ4n) is 2.42. The molecule has 1 aromatic carbocycles. The largest absolute Gasteiger partial charge is 0.256 e. The molecule has 2 rings (SSSR count). The van der Waals surface area contributed by atoms with E-state index in [1.165, 1.54) is 16.7 Å². The SMILES string of the molecule is BC(C)(C)c1ccc(-c2ccc(C(B)(B)S(C)(C)C)cn2)cc1. The molecule has 1 nitrogen and oxygen atoms in total. The summed E-state index contributed by atoms with van der Waals surface area (Å²) in [6.45, 7) is 4.48. The Morgan fingerprint density at radius 3 is 1.74 bits per heavy atom. The number of hydrogen-bond donors (Lipinski definition) is 0. The van der Waals surface area contributed by atoms with Crippen molar-refractivity contribution < 1.29 is 0 Å². The van der Waals surface area contributed by atoms with Crippen LogP contribution in [0.3, 0.4) is 0 Å². The van der Waals surface area contributed by atoms with Gasteiger partial charge in [-0.25, -0.2) is 0 Å². The van der Waals surface area contributed by atoms with E-state index >= 15 is 0 Å². The van der Waals surface area contributed by atoms with Crippen molar-refractivity contribution in [1.29, 1.82) is 0 Å². The first-order valence-electron chi connectivity index (χ1n) is 8.18. The van der Waals surface area contributed by atoms with Crippen LogP contribution < -0.4 is 0 Å². The van der Waals surface area contributed by atoms with Crippen molar-refractivity contribution in [2.75, 3.05) is 18.8 Å².